The highest BCUT2D eigenvalue weighted by Gasteiger charge is 2.19. The fraction of sp³-hybridized carbons (Fsp3) is 0.286. The van der Waals surface area contributed by atoms with Gasteiger partial charge in [0, 0.05) is 48.9 Å². The average molecular weight is 508 g/mol. The molecule has 0 aliphatic heterocycles. The van der Waals surface area contributed by atoms with Crippen LogP contribution in [0.2, 0.25) is 0 Å². The molecule has 0 fully saturated rings. The molecule has 2 heterocycles. The Labute approximate surface area is 204 Å². The van der Waals surface area contributed by atoms with Gasteiger partial charge in [-0.15, -0.1) is 37.2 Å². The molecule has 1 unspecified atom stereocenters. The van der Waals surface area contributed by atoms with Crippen molar-refractivity contribution >= 4 is 43.2 Å². The molecule has 0 bridgehead atoms. The van der Waals surface area contributed by atoms with Crippen LogP contribution in [0.3, 0.4) is 0 Å². The molecule has 0 aliphatic rings. The maximum absolute atomic E-state index is 13.8. The van der Waals surface area contributed by atoms with Crippen LogP contribution in [0.25, 0.3) is 0 Å². The van der Waals surface area contributed by atoms with Crippen LogP contribution in [-0.4, -0.2) is 38.9 Å². The van der Waals surface area contributed by atoms with Gasteiger partial charge in [-0.1, -0.05) is 6.07 Å². The van der Waals surface area contributed by atoms with E-state index in [0.29, 0.717) is 25.1 Å². The quantitative estimate of drug-likeness (QED) is 0.289. The van der Waals surface area contributed by atoms with Crippen molar-refractivity contribution in [3.63, 3.8) is 0 Å². The molecule has 6 nitrogen and oxygen atoms in total. The fourth-order valence-corrected chi connectivity index (χ4v) is 3.36. The van der Waals surface area contributed by atoms with E-state index in [2.05, 4.69) is 15.0 Å². The van der Waals surface area contributed by atoms with Crippen molar-refractivity contribution in [1.29, 1.82) is 5.41 Å². The van der Waals surface area contributed by atoms with Crippen LogP contribution in [0.5, 0.6) is 0 Å². The third-order valence-electron chi connectivity index (χ3n) is 4.79. The summed E-state index contributed by atoms with van der Waals surface area (Å²) in [6.45, 7) is 1.07. The summed E-state index contributed by atoms with van der Waals surface area (Å²) in [6.07, 6.45) is 7.17. The van der Waals surface area contributed by atoms with Gasteiger partial charge < -0.3 is 15.6 Å². The third-order valence-corrected chi connectivity index (χ3v) is 4.79. The first-order valence-corrected chi connectivity index (χ1v) is 9.46. The Morgan fingerprint density at radius 2 is 1.81 bits per heavy atom. The molecule has 0 radical (unpaired) electrons. The first kappa shape index (κ1) is 29.6. The third kappa shape index (κ3) is 8.61. The Morgan fingerprint density at radius 1 is 1.09 bits per heavy atom. The summed E-state index contributed by atoms with van der Waals surface area (Å²) in [5.41, 5.74) is 8.02. The fourth-order valence-electron chi connectivity index (χ4n) is 3.36. The lowest BCUT2D eigenvalue weighted by Crippen LogP contribution is -2.38. The smallest absolute Gasteiger partial charge is 0.188 e. The number of nitrogens with two attached hydrogens (primary N) is 1. The lowest BCUT2D eigenvalue weighted by molar-refractivity contribution is 0.385. The van der Waals surface area contributed by atoms with Gasteiger partial charge in [-0.05, 0) is 49.1 Å². The zero-order valence-electron chi connectivity index (χ0n) is 17.2. The number of nitrogens with zero attached hydrogens (tertiary/aromatic N) is 3. The number of halogens is 5. The van der Waals surface area contributed by atoms with Crippen LogP contribution in [0, 0.1) is 17.0 Å². The van der Waals surface area contributed by atoms with Crippen molar-refractivity contribution in [1.82, 2.24) is 19.9 Å². The van der Waals surface area contributed by atoms with Crippen LogP contribution in [0.1, 0.15) is 35.7 Å². The normalized spacial score (nSPS) is 10.8. The summed E-state index contributed by atoms with van der Waals surface area (Å²) in [6, 6.07) is 9.00. The summed E-state index contributed by atoms with van der Waals surface area (Å²) in [5.74, 6) is -1.58. The summed E-state index contributed by atoms with van der Waals surface area (Å²) >= 11 is 0. The van der Waals surface area contributed by atoms with Gasteiger partial charge in [-0.2, -0.15) is 0 Å². The molecule has 0 saturated carbocycles. The molecule has 0 amide bonds. The zero-order chi connectivity index (χ0) is 20.6. The molecule has 0 spiro atoms. The lowest BCUT2D eigenvalue weighted by Gasteiger charge is -2.25. The van der Waals surface area contributed by atoms with E-state index in [9.17, 15) is 8.78 Å². The summed E-state index contributed by atoms with van der Waals surface area (Å²) in [7, 11) is 0. The summed E-state index contributed by atoms with van der Waals surface area (Å²) in [5, 5.41) is 7.87. The Hall–Kier alpha value is -2.42. The Balaban J connectivity index is 0.00000320. The molecule has 11 heteroatoms. The molecule has 0 saturated heterocycles. The minimum Gasteiger partial charge on any atom is -0.370 e. The minimum absolute atomic E-state index is 0. The number of rotatable bonds is 9. The predicted molar refractivity (Wildman–Crippen MR) is 129 cm³/mol. The highest BCUT2D eigenvalue weighted by atomic mass is 35.5. The number of hydrogen-bond acceptors (Lipinski definition) is 3. The van der Waals surface area contributed by atoms with Gasteiger partial charge in [-0.25, -0.2) is 13.8 Å². The minimum atomic E-state index is -0.621. The van der Waals surface area contributed by atoms with E-state index in [1.165, 1.54) is 12.1 Å². The Morgan fingerprint density at radius 3 is 2.38 bits per heavy atom. The van der Waals surface area contributed by atoms with E-state index < -0.39 is 11.6 Å². The number of benzene rings is 1. The van der Waals surface area contributed by atoms with Crippen molar-refractivity contribution in [2.75, 3.05) is 13.1 Å². The van der Waals surface area contributed by atoms with E-state index in [0.717, 1.165) is 30.3 Å². The number of imidazole rings is 1. The number of H-pyrrole nitrogens is 1. The first-order chi connectivity index (χ1) is 14.0. The van der Waals surface area contributed by atoms with Gasteiger partial charge in [0.25, 0.3) is 0 Å². The molecule has 4 N–H and O–H groups in total. The molecule has 3 rings (SSSR count). The highest BCUT2D eigenvalue weighted by molar-refractivity contribution is 5.86. The average Bonchev–Trinajstić information content (AvgIpc) is 3.20. The second kappa shape index (κ2) is 14.6. The topological polar surface area (TPSA) is 94.7 Å². The molecule has 32 heavy (non-hydrogen) atoms. The molecule has 1 atom stereocenters. The van der Waals surface area contributed by atoms with Crippen LogP contribution in [0.4, 0.5) is 8.78 Å². The van der Waals surface area contributed by atoms with Gasteiger partial charge >= 0.3 is 0 Å². The lowest BCUT2D eigenvalue weighted by atomic mass is 9.91. The van der Waals surface area contributed by atoms with Crippen LogP contribution < -0.4 is 5.73 Å². The molecular formula is C21H27Cl3F2N6. The van der Waals surface area contributed by atoms with E-state index in [1.54, 1.807) is 29.7 Å². The standard InChI is InChI=1S/C21H24F2N6.3ClH/c22-16-10-15(11-17(23)12-16)19(20-5-1-2-7-27-20)6-9-29(21(24)25)8-3-4-18-13-26-14-28-18;;;/h1-2,5,7,10-14,19H,3-4,6,8-9H2,(H3,24,25)(H,26,28);3*1H. The van der Waals surface area contributed by atoms with Crippen molar-refractivity contribution in [3.05, 3.63) is 83.7 Å². The molecule has 2 aromatic heterocycles. The second-order valence-corrected chi connectivity index (χ2v) is 6.85. The summed E-state index contributed by atoms with van der Waals surface area (Å²) in [4.78, 5) is 13.2. The number of aryl methyl sites for hydroxylation is 1. The number of nitrogens with one attached hydrogen (secondary N) is 2. The van der Waals surface area contributed by atoms with Gasteiger partial charge in [0.1, 0.15) is 11.6 Å². The first-order valence-electron chi connectivity index (χ1n) is 9.46. The van der Waals surface area contributed by atoms with Gasteiger partial charge in [-0.3, -0.25) is 10.4 Å². The number of hydrogen-bond donors (Lipinski definition) is 3. The molecule has 3 aromatic rings. The van der Waals surface area contributed by atoms with Crippen molar-refractivity contribution < 1.29 is 8.78 Å². The van der Waals surface area contributed by atoms with Gasteiger partial charge in [0.15, 0.2) is 5.96 Å². The Kier molecular flexibility index (Phi) is 13.5. The largest absolute Gasteiger partial charge is 0.370 e. The van der Waals surface area contributed by atoms with Crippen molar-refractivity contribution in [2.24, 2.45) is 5.73 Å². The molecule has 0 aliphatic carbocycles. The predicted octanol–water partition coefficient (Wildman–Crippen LogP) is 4.70. The van der Waals surface area contributed by atoms with Crippen molar-refractivity contribution in [3.8, 4) is 0 Å². The van der Waals surface area contributed by atoms with Gasteiger partial charge in [0.05, 0.1) is 6.33 Å². The number of aromatic amines is 1. The monoisotopic (exact) mass is 506 g/mol. The maximum Gasteiger partial charge on any atom is 0.188 e. The van der Waals surface area contributed by atoms with Crippen LogP contribution >= 0.6 is 37.2 Å². The second-order valence-electron chi connectivity index (χ2n) is 6.85. The van der Waals surface area contributed by atoms with Gasteiger partial charge in [0.2, 0.25) is 0 Å². The number of guanidine groups is 1. The number of aromatic nitrogens is 3. The molecule has 1 aromatic carbocycles. The maximum atomic E-state index is 13.8. The van der Waals surface area contributed by atoms with Crippen molar-refractivity contribution in [2.45, 2.75) is 25.2 Å². The number of pyridine rings is 1. The van der Waals surface area contributed by atoms with E-state index in [-0.39, 0.29) is 49.1 Å². The van der Waals surface area contributed by atoms with Crippen LogP contribution in [-0.2, 0) is 6.42 Å². The molecular weight excluding hydrogens is 481 g/mol. The highest BCUT2D eigenvalue weighted by Crippen LogP contribution is 2.28. The Bertz CT molecular complexity index is 908. The van der Waals surface area contributed by atoms with E-state index in [1.807, 2.05) is 12.1 Å². The molecule has 176 valence electrons. The van der Waals surface area contributed by atoms with E-state index in [4.69, 9.17) is 11.1 Å². The SMILES string of the molecule is Cl.Cl.Cl.N=C(N)N(CCCc1cnc[nH]1)CCC(c1cc(F)cc(F)c1)c1ccccn1. The van der Waals surface area contributed by atoms with E-state index >= 15 is 0 Å². The summed E-state index contributed by atoms with van der Waals surface area (Å²) < 4.78 is 27.6. The van der Waals surface area contributed by atoms with Crippen LogP contribution in [0.15, 0.2) is 55.1 Å². The zero-order valence-corrected chi connectivity index (χ0v) is 19.7.